The molecule has 0 fully saturated rings. The van der Waals surface area contributed by atoms with Gasteiger partial charge in [-0.15, -0.1) is 0 Å². The van der Waals surface area contributed by atoms with Crippen LogP contribution in [-0.2, 0) is 13.0 Å². The van der Waals surface area contributed by atoms with Crippen LogP contribution in [0.2, 0.25) is 0 Å². The Balaban J connectivity index is 1.82. The van der Waals surface area contributed by atoms with Crippen molar-refractivity contribution in [2.45, 2.75) is 13.0 Å². The largest absolute Gasteiger partial charge is 0.312 e. The molecule has 0 saturated heterocycles. The van der Waals surface area contributed by atoms with E-state index in [0.717, 1.165) is 10.0 Å². The van der Waals surface area contributed by atoms with Crippen molar-refractivity contribution in [1.29, 1.82) is 0 Å². The van der Waals surface area contributed by atoms with Crippen molar-refractivity contribution in [3.8, 4) is 0 Å². The average molecular weight is 326 g/mol. The Bertz CT molecular complexity index is 537. The molecule has 0 aromatic heterocycles. The van der Waals surface area contributed by atoms with E-state index in [0.29, 0.717) is 25.1 Å². The van der Waals surface area contributed by atoms with E-state index in [1.807, 2.05) is 12.1 Å². The molecule has 100 valence electrons. The van der Waals surface area contributed by atoms with Gasteiger partial charge in [0.15, 0.2) is 0 Å². The van der Waals surface area contributed by atoms with E-state index < -0.39 is 0 Å². The minimum atomic E-state index is -0.264. The third-order valence-corrected chi connectivity index (χ3v) is 3.24. The summed E-state index contributed by atoms with van der Waals surface area (Å²) in [4.78, 5) is 0. The minimum Gasteiger partial charge on any atom is -0.312 e. The van der Waals surface area contributed by atoms with Gasteiger partial charge >= 0.3 is 0 Å². The lowest BCUT2D eigenvalue weighted by Gasteiger charge is -2.06. The number of nitrogens with one attached hydrogen (secondary N) is 1. The van der Waals surface area contributed by atoms with Crippen LogP contribution < -0.4 is 5.32 Å². The van der Waals surface area contributed by atoms with Crippen molar-refractivity contribution >= 4 is 15.9 Å². The maximum atomic E-state index is 13.4. The van der Waals surface area contributed by atoms with Crippen LogP contribution in [0.5, 0.6) is 0 Å². The van der Waals surface area contributed by atoms with Gasteiger partial charge in [-0.25, -0.2) is 8.78 Å². The van der Waals surface area contributed by atoms with E-state index in [-0.39, 0.29) is 11.6 Å². The predicted molar refractivity (Wildman–Crippen MR) is 75.9 cm³/mol. The molecule has 2 rings (SSSR count). The first kappa shape index (κ1) is 14.2. The van der Waals surface area contributed by atoms with Gasteiger partial charge in [-0.1, -0.05) is 34.1 Å². The van der Waals surface area contributed by atoms with Crippen LogP contribution in [-0.4, -0.2) is 6.54 Å². The molecule has 19 heavy (non-hydrogen) atoms. The molecule has 0 atom stereocenters. The normalized spacial score (nSPS) is 10.7. The fourth-order valence-corrected chi connectivity index (χ4v) is 2.38. The molecule has 0 aliphatic carbocycles. The van der Waals surface area contributed by atoms with Gasteiger partial charge in [0.1, 0.15) is 11.6 Å². The topological polar surface area (TPSA) is 12.0 Å². The molecule has 1 N–H and O–H groups in total. The Morgan fingerprint density at radius 3 is 2.58 bits per heavy atom. The maximum absolute atomic E-state index is 13.4. The number of halogens is 3. The zero-order valence-electron chi connectivity index (χ0n) is 10.3. The highest BCUT2D eigenvalue weighted by Crippen LogP contribution is 2.14. The van der Waals surface area contributed by atoms with Crippen LogP contribution in [0.3, 0.4) is 0 Å². The summed E-state index contributed by atoms with van der Waals surface area (Å²) in [5.74, 6) is -0.446. The van der Waals surface area contributed by atoms with Crippen LogP contribution in [0.15, 0.2) is 46.9 Å². The first-order valence-electron chi connectivity index (χ1n) is 6.04. The lowest BCUT2D eigenvalue weighted by molar-refractivity contribution is 0.596. The van der Waals surface area contributed by atoms with Gasteiger partial charge in [-0.3, -0.25) is 0 Å². The third-order valence-electron chi connectivity index (χ3n) is 2.78. The number of hydrogen-bond acceptors (Lipinski definition) is 1. The number of hydrogen-bond donors (Lipinski definition) is 1. The standard InChI is InChI=1S/C15H14BrF2N/c16-13-7-11(8-14(17)9-13)10-19-6-5-12-3-1-2-4-15(12)18/h1-4,7-9,19H,5-6,10H2. The Labute approximate surface area is 119 Å². The second-order valence-electron chi connectivity index (χ2n) is 4.30. The molecule has 1 nitrogen and oxygen atoms in total. The first-order chi connectivity index (χ1) is 9.15. The second-order valence-corrected chi connectivity index (χ2v) is 5.21. The summed E-state index contributed by atoms with van der Waals surface area (Å²) in [6.07, 6.45) is 0.614. The molecule has 0 amide bonds. The van der Waals surface area contributed by atoms with Gasteiger partial charge in [0.25, 0.3) is 0 Å². The van der Waals surface area contributed by atoms with E-state index in [1.54, 1.807) is 12.1 Å². The van der Waals surface area contributed by atoms with Crippen LogP contribution in [0.1, 0.15) is 11.1 Å². The van der Waals surface area contributed by atoms with E-state index >= 15 is 0 Å². The predicted octanol–water partition coefficient (Wildman–Crippen LogP) is 4.06. The molecule has 0 aliphatic rings. The molecular weight excluding hydrogens is 312 g/mol. The van der Waals surface area contributed by atoms with Crippen molar-refractivity contribution in [3.05, 3.63) is 69.7 Å². The zero-order valence-corrected chi connectivity index (χ0v) is 11.9. The fraction of sp³-hybridized carbons (Fsp3) is 0.200. The zero-order chi connectivity index (χ0) is 13.7. The van der Waals surface area contributed by atoms with Gasteiger partial charge in [0.2, 0.25) is 0 Å². The molecule has 0 radical (unpaired) electrons. The van der Waals surface area contributed by atoms with Crippen LogP contribution in [0, 0.1) is 11.6 Å². The van der Waals surface area contributed by atoms with Crippen molar-refractivity contribution in [3.63, 3.8) is 0 Å². The van der Waals surface area contributed by atoms with Gasteiger partial charge < -0.3 is 5.32 Å². The first-order valence-corrected chi connectivity index (χ1v) is 6.83. The van der Waals surface area contributed by atoms with E-state index in [2.05, 4.69) is 21.2 Å². The van der Waals surface area contributed by atoms with Gasteiger partial charge in [-0.05, 0) is 48.4 Å². The smallest absolute Gasteiger partial charge is 0.126 e. The van der Waals surface area contributed by atoms with Gasteiger partial charge in [0, 0.05) is 11.0 Å². The molecule has 0 saturated carbocycles. The quantitative estimate of drug-likeness (QED) is 0.817. The Morgan fingerprint density at radius 1 is 1.05 bits per heavy atom. The molecule has 0 heterocycles. The molecule has 2 aromatic carbocycles. The molecule has 0 unspecified atom stereocenters. The van der Waals surface area contributed by atoms with Crippen molar-refractivity contribution in [2.24, 2.45) is 0 Å². The molecule has 0 spiro atoms. The maximum Gasteiger partial charge on any atom is 0.126 e. The highest BCUT2D eigenvalue weighted by molar-refractivity contribution is 9.10. The summed E-state index contributed by atoms with van der Waals surface area (Å²) in [6, 6.07) is 11.5. The summed E-state index contributed by atoms with van der Waals surface area (Å²) >= 11 is 3.25. The van der Waals surface area contributed by atoms with Crippen molar-refractivity contribution in [1.82, 2.24) is 5.32 Å². The molecule has 2 aromatic rings. The molecule has 0 bridgehead atoms. The summed E-state index contributed by atoms with van der Waals surface area (Å²) in [5, 5.41) is 3.18. The summed E-state index contributed by atoms with van der Waals surface area (Å²) in [6.45, 7) is 1.21. The summed E-state index contributed by atoms with van der Waals surface area (Å²) < 4.78 is 27.2. The van der Waals surface area contributed by atoms with Crippen LogP contribution >= 0.6 is 15.9 Å². The Hall–Kier alpha value is -1.26. The van der Waals surface area contributed by atoms with Crippen LogP contribution in [0.4, 0.5) is 8.78 Å². The lowest BCUT2D eigenvalue weighted by atomic mass is 10.1. The second kappa shape index (κ2) is 6.78. The third kappa shape index (κ3) is 4.40. The monoisotopic (exact) mass is 325 g/mol. The summed E-state index contributed by atoms with van der Waals surface area (Å²) in [7, 11) is 0. The highest BCUT2D eigenvalue weighted by atomic mass is 79.9. The van der Waals surface area contributed by atoms with Gasteiger partial charge in [-0.2, -0.15) is 0 Å². The summed E-state index contributed by atoms with van der Waals surface area (Å²) in [5.41, 5.74) is 1.55. The SMILES string of the molecule is Fc1cc(Br)cc(CNCCc2ccccc2F)c1. The fourth-order valence-electron chi connectivity index (χ4n) is 1.87. The highest BCUT2D eigenvalue weighted by Gasteiger charge is 2.01. The van der Waals surface area contributed by atoms with Crippen molar-refractivity contribution in [2.75, 3.05) is 6.54 Å². The van der Waals surface area contributed by atoms with E-state index in [1.165, 1.54) is 18.2 Å². The molecule has 4 heteroatoms. The molecular formula is C15H14BrF2N. The molecule has 0 aliphatic heterocycles. The number of rotatable bonds is 5. The Kier molecular flexibility index (Phi) is 5.05. The van der Waals surface area contributed by atoms with Crippen LogP contribution in [0.25, 0.3) is 0 Å². The van der Waals surface area contributed by atoms with E-state index in [9.17, 15) is 8.78 Å². The minimum absolute atomic E-state index is 0.183. The lowest BCUT2D eigenvalue weighted by Crippen LogP contribution is -2.17. The van der Waals surface area contributed by atoms with Gasteiger partial charge in [0.05, 0.1) is 0 Å². The number of benzene rings is 2. The average Bonchev–Trinajstić information content (AvgIpc) is 2.35. The Morgan fingerprint density at radius 2 is 1.84 bits per heavy atom. The van der Waals surface area contributed by atoms with E-state index in [4.69, 9.17) is 0 Å². The van der Waals surface area contributed by atoms with Crippen molar-refractivity contribution < 1.29 is 8.78 Å².